The van der Waals surface area contributed by atoms with Crippen LogP contribution in [-0.4, -0.2) is 44.1 Å². The maximum atomic E-state index is 12.5. The number of fused-ring (bicyclic) bond motifs is 1. The summed E-state index contributed by atoms with van der Waals surface area (Å²) >= 11 is 0. The first-order chi connectivity index (χ1) is 13.6. The Bertz CT molecular complexity index is 1020. The smallest absolute Gasteiger partial charge is 0.356 e. The number of anilines is 1. The lowest BCUT2D eigenvalue weighted by atomic mass is 9.87. The van der Waals surface area contributed by atoms with Gasteiger partial charge in [-0.1, -0.05) is 13.8 Å². The summed E-state index contributed by atoms with van der Waals surface area (Å²) < 4.78 is 37.5. The lowest BCUT2D eigenvalue weighted by Crippen LogP contribution is -2.55. The van der Waals surface area contributed by atoms with Gasteiger partial charge < -0.3 is 15.6 Å². The van der Waals surface area contributed by atoms with E-state index in [1.54, 1.807) is 45.3 Å². The van der Waals surface area contributed by atoms with Gasteiger partial charge in [0.15, 0.2) is 5.82 Å². The molecule has 0 fully saturated rings. The highest BCUT2D eigenvalue weighted by atomic mass is 19.4. The maximum Gasteiger partial charge on any atom is 0.405 e. The minimum atomic E-state index is -4.49. The first-order valence-corrected chi connectivity index (χ1v) is 8.99. The van der Waals surface area contributed by atoms with Gasteiger partial charge in [-0.15, -0.1) is 0 Å². The number of rotatable bonds is 6. The molecule has 0 saturated carbocycles. The summed E-state index contributed by atoms with van der Waals surface area (Å²) in [6.07, 6.45) is 0.427. The highest BCUT2D eigenvalue weighted by Crippen LogP contribution is 2.27. The van der Waals surface area contributed by atoms with E-state index in [0.717, 1.165) is 10.9 Å². The molecule has 0 aliphatic heterocycles. The third-order valence-corrected chi connectivity index (χ3v) is 4.81. The highest BCUT2D eigenvalue weighted by molar-refractivity contribution is 5.92. The number of alkyl halides is 3. The third-order valence-electron chi connectivity index (χ3n) is 4.81. The SMILES string of the molecule is CC(C)C(C)(Nc1ccnc(-c2c[nH]c3ncccc23)n1)C(=O)NCC(F)(F)F. The molecule has 10 heteroatoms. The van der Waals surface area contributed by atoms with Crippen LogP contribution in [0, 0.1) is 5.92 Å². The molecule has 3 N–H and O–H groups in total. The number of carbonyl (C=O) groups is 1. The molecule has 1 atom stereocenters. The Morgan fingerprint density at radius 1 is 1.21 bits per heavy atom. The Hall–Kier alpha value is -3.17. The zero-order chi connectivity index (χ0) is 21.2. The number of nitrogens with zero attached hydrogens (tertiary/aromatic N) is 3. The minimum absolute atomic E-state index is 0.313. The molecule has 0 aromatic carbocycles. The summed E-state index contributed by atoms with van der Waals surface area (Å²) in [5.74, 6) is -0.352. The number of carbonyl (C=O) groups excluding carboxylic acids is 1. The van der Waals surface area contributed by atoms with Gasteiger partial charge in [-0.05, 0) is 31.0 Å². The van der Waals surface area contributed by atoms with Crippen LogP contribution in [0.15, 0.2) is 36.8 Å². The van der Waals surface area contributed by atoms with Crippen LogP contribution in [0.3, 0.4) is 0 Å². The number of H-pyrrole nitrogens is 1. The van der Waals surface area contributed by atoms with Gasteiger partial charge in [0.2, 0.25) is 5.91 Å². The molecule has 0 aliphatic carbocycles. The quantitative estimate of drug-likeness (QED) is 0.582. The first kappa shape index (κ1) is 20.6. The van der Waals surface area contributed by atoms with E-state index in [4.69, 9.17) is 0 Å². The van der Waals surface area contributed by atoms with E-state index in [2.05, 4.69) is 25.3 Å². The Morgan fingerprint density at radius 3 is 2.66 bits per heavy atom. The van der Waals surface area contributed by atoms with Gasteiger partial charge >= 0.3 is 6.18 Å². The molecule has 3 rings (SSSR count). The Morgan fingerprint density at radius 2 is 1.97 bits per heavy atom. The predicted octanol–water partition coefficient (Wildman–Crippen LogP) is 3.53. The van der Waals surface area contributed by atoms with Crippen molar-refractivity contribution in [3.05, 3.63) is 36.8 Å². The summed E-state index contributed by atoms with van der Waals surface area (Å²) in [5, 5.41) is 5.77. The average molecular weight is 406 g/mol. The second kappa shape index (κ2) is 7.69. The van der Waals surface area contributed by atoms with Crippen LogP contribution in [0.2, 0.25) is 0 Å². The molecule has 1 amide bonds. The zero-order valence-electron chi connectivity index (χ0n) is 16.1. The second-order valence-corrected chi connectivity index (χ2v) is 7.15. The minimum Gasteiger partial charge on any atom is -0.356 e. The average Bonchev–Trinajstić information content (AvgIpc) is 3.09. The molecule has 3 aromatic rings. The highest BCUT2D eigenvalue weighted by Gasteiger charge is 2.39. The van der Waals surface area contributed by atoms with Gasteiger partial charge in [0.25, 0.3) is 0 Å². The standard InChI is InChI=1S/C19H21F3N6O/c1-11(2)18(3,17(29)26-10-19(20,21)22)28-14-6-8-24-16(27-14)13-9-25-15-12(13)5-4-7-23-15/h4-9,11H,10H2,1-3H3,(H,23,25)(H,26,29)(H,24,27,28). The molecule has 3 aromatic heterocycles. The number of hydrogen-bond acceptors (Lipinski definition) is 5. The Balaban J connectivity index is 1.88. The number of hydrogen-bond donors (Lipinski definition) is 3. The molecule has 0 bridgehead atoms. The number of aromatic nitrogens is 4. The van der Waals surface area contributed by atoms with Crippen LogP contribution in [-0.2, 0) is 4.79 Å². The number of amides is 1. The fourth-order valence-corrected chi connectivity index (χ4v) is 2.79. The monoisotopic (exact) mass is 406 g/mol. The summed E-state index contributed by atoms with van der Waals surface area (Å²) in [4.78, 5) is 28.5. The van der Waals surface area contributed by atoms with E-state index >= 15 is 0 Å². The largest absolute Gasteiger partial charge is 0.405 e. The van der Waals surface area contributed by atoms with Crippen LogP contribution in [0.25, 0.3) is 22.4 Å². The lowest BCUT2D eigenvalue weighted by Gasteiger charge is -2.34. The van der Waals surface area contributed by atoms with Crippen LogP contribution in [0.1, 0.15) is 20.8 Å². The van der Waals surface area contributed by atoms with Gasteiger partial charge in [-0.3, -0.25) is 4.79 Å². The van der Waals surface area contributed by atoms with Crippen molar-refractivity contribution in [3.8, 4) is 11.4 Å². The summed E-state index contributed by atoms with van der Waals surface area (Å²) in [7, 11) is 0. The van der Waals surface area contributed by atoms with Crippen molar-refractivity contribution in [2.45, 2.75) is 32.5 Å². The molecule has 29 heavy (non-hydrogen) atoms. The van der Waals surface area contributed by atoms with E-state index in [9.17, 15) is 18.0 Å². The zero-order valence-corrected chi connectivity index (χ0v) is 16.1. The number of nitrogens with one attached hydrogen (secondary N) is 3. The molecular weight excluding hydrogens is 385 g/mol. The van der Waals surface area contributed by atoms with E-state index in [1.807, 2.05) is 11.4 Å². The van der Waals surface area contributed by atoms with Gasteiger partial charge in [0, 0.05) is 29.5 Å². The van der Waals surface area contributed by atoms with Crippen molar-refractivity contribution in [1.29, 1.82) is 0 Å². The summed E-state index contributed by atoms with van der Waals surface area (Å²) in [6.45, 7) is 3.63. The fourth-order valence-electron chi connectivity index (χ4n) is 2.79. The van der Waals surface area contributed by atoms with E-state index in [-0.39, 0.29) is 5.92 Å². The number of aromatic amines is 1. The van der Waals surface area contributed by atoms with Gasteiger partial charge in [-0.2, -0.15) is 13.2 Å². The molecule has 0 radical (unpaired) electrons. The molecule has 3 heterocycles. The van der Waals surface area contributed by atoms with E-state index in [0.29, 0.717) is 17.3 Å². The van der Waals surface area contributed by atoms with Crippen LogP contribution >= 0.6 is 0 Å². The van der Waals surface area contributed by atoms with Gasteiger partial charge in [-0.25, -0.2) is 15.0 Å². The van der Waals surface area contributed by atoms with Crippen molar-refractivity contribution in [2.24, 2.45) is 5.92 Å². The molecule has 1 unspecified atom stereocenters. The molecule has 0 saturated heterocycles. The second-order valence-electron chi connectivity index (χ2n) is 7.15. The molecular formula is C19H21F3N6O. The lowest BCUT2D eigenvalue weighted by molar-refractivity contribution is -0.141. The number of pyridine rings is 1. The Kier molecular flexibility index (Phi) is 5.45. The molecule has 0 aliphatic rings. The molecule has 154 valence electrons. The van der Waals surface area contributed by atoms with Crippen molar-refractivity contribution in [2.75, 3.05) is 11.9 Å². The molecule has 7 nitrogen and oxygen atoms in total. The van der Waals surface area contributed by atoms with Crippen molar-refractivity contribution in [3.63, 3.8) is 0 Å². The maximum absolute atomic E-state index is 12.5. The van der Waals surface area contributed by atoms with E-state index in [1.165, 1.54) is 6.20 Å². The topological polar surface area (TPSA) is 95.6 Å². The van der Waals surface area contributed by atoms with Crippen molar-refractivity contribution >= 4 is 22.8 Å². The summed E-state index contributed by atoms with van der Waals surface area (Å²) in [5.41, 5.74) is 0.103. The Labute approximate surface area is 165 Å². The van der Waals surface area contributed by atoms with E-state index < -0.39 is 24.2 Å². The van der Waals surface area contributed by atoms with Gasteiger partial charge in [0.1, 0.15) is 23.5 Å². The van der Waals surface area contributed by atoms with Crippen molar-refractivity contribution < 1.29 is 18.0 Å². The third kappa shape index (κ3) is 4.47. The summed E-state index contributed by atoms with van der Waals surface area (Å²) in [6, 6.07) is 5.23. The normalized spacial score (nSPS) is 14.0. The fraction of sp³-hybridized carbons (Fsp3) is 0.368. The van der Waals surface area contributed by atoms with Crippen LogP contribution in [0.5, 0.6) is 0 Å². The number of halogens is 3. The predicted molar refractivity (Wildman–Crippen MR) is 103 cm³/mol. The van der Waals surface area contributed by atoms with Crippen molar-refractivity contribution in [1.82, 2.24) is 25.3 Å². The first-order valence-electron chi connectivity index (χ1n) is 8.99. The van der Waals surface area contributed by atoms with Gasteiger partial charge in [0.05, 0.1) is 0 Å². The molecule has 0 spiro atoms. The van der Waals surface area contributed by atoms with Crippen LogP contribution in [0.4, 0.5) is 19.0 Å². The van der Waals surface area contributed by atoms with Crippen LogP contribution < -0.4 is 10.6 Å².